The van der Waals surface area contributed by atoms with Gasteiger partial charge in [-0.2, -0.15) is 13.2 Å². The summed E-state index contributed by atoms with van der Waals surface area (Å²) in [4.78, 5) is 15.4. The number of rotatable bonds is 1. The molecule has 0 radical (unpaired) electrons. The van der Waals surface area contributed by atoms with E-state index in [0.29, 0.717) is 0 Å². The zero-order chi connectivity index (χ0) is 16.1. The third kappa shape index (κ3) is 7.82. The summed E-state index contributed by atoms with van der Waals surface area (Å²) in [5.74, 6) is 4.42. The molecule has 0 spiro atoms. The second-order valence-corrected chi connectivity index (χ2v) is 5.13. The van der Waals surface area contributed by atoms with Crippen molar-refractivity contribution in [3.8, 4) is 11.8 Å². The lowest BCUT2D eigenvalue weighted by Gasteiger charge is -2.19. The molecule has 7 heteroatoms. The van der Waals surface area contributed by atoms with E-state index < -0.39 is 24.3 Å². The molecule has 0 saturated carbocycles. The van der Waals surface area contributed by atoms with E-state index >= 15 is 0 Å². The largest absolute Gasteiger partial charge is 0.444 e. The first kappa shape index (κ1) is 16.8. The van der Waals surface area contributed by atoms with E-state index in [4.69, 9.17) is 4.74 Å². The predicted octanol–water partition coefficient (Wildman–Crippen LogP) is 3.73. The van der Waals surface area contributed by atoms with Crippen molar-refractivity contribution in [1.82, 2.24) is 4.98 Å². The molecule has 0 aliphatic heterocycles. The van der Waals surface area contributed by atoms with Gasteiger partial charge in [-0.15, -0.1) is 0 Å². The minimum Gasteiger partial charge on any atom is -0.444 e. The standard InChI is InChI=1S/C14H15F3N2O2/c1-13(2,3)21-12(20)19-11-8-4-6-10(18-11)7-5-9-14(15,16)17/h4,6,8H,9H2,1-3H3,(H,18,19,20). The van der Waals surface area contributed by atoms with Gasteiger partial charge < -0.3 is 4.74 Å². The van der Waals surface area contributed by atoms with Crippen LogP contribution in [0.15, 0.2) is 18.2 Å². The Bertz CT molecular complexity index is 566. The number of anilines is 1. The normalized spacial score (nSPS) is 11.3. The van der Waals surface area contributed by atoms with E-state index in [-0.39, 0.29) is 11.5 Å². The number of pyridine rings is 1. The van der Waals surface area contributed by atoms with Crippen LogP contribution >= 0.6 is 0 Å². The molecular formula is C14H15F3N2O2. The van der Waals surface area contributed by atoms with Crippen molar-refractivity contribution in [2.75, 3.05) is 5.32 Å². The molecule has 1 amide bonds. The Hall–Kier alpha value is -2.23. The molecule has 0 saturated heterocycles. The zero-order valence-electron chi connectivity index (χ0n) is 11.8. The molecule has 114 valence electrons. The van der Waals surface area contributed by atoms with Crippen molar-refractivity contribution in [2.24, 2.45) is 0 Å². The summed E-state index contributed by atoms with van der Waals surface area (Å²) in [6, 6.07) is 4.46. The van der Waals surface area contributed by atoms with Crippen LogP contribution in [0.5, 0.6) is 0 Å². The molecule has 21 heavy (non-hydrogen) atoms. The maximum atomic E-state index is 12.0. The smallest absolute Gasteiger partial charge is 0.413 e. The number of hydrogen-bond donors (Lipinski definition) is 1. The van der Waals surface area contributed by atoms with E-state index in [1.54, 1.807) is 20.8 Å². The van der Waals surface area contributed by atoms with Crippen molar-refractivity contribution < 1.29 is 22.7 Å². The Labute approximate surface area is 120 Å². The van der Waals surface area contributed by atoms with Gasteiger partial charge in [-0.25, -0.2) is 9.78 Å². The van der Waals surface area contributed by atoms with Gasteiger partial charge in [0.1, 0.15) is 23.5 Å². The summed E-state index contributed by atoms with van der Waals surface area (Å²) in [5.41, 5.74) is -0.526. The van der Waals surface area contributed by atoms with Crippen molar-refractivity contribution in [3.05, 3.63) is 23.9 Å². The molecule has 1 heterocycles. The van der Waals surface area contributed by atoms with Gasteiger partial charge in [0.25, 0.3) is 0 Å². The first-order valence-electron chi connectivity index (χ1n) is 6.08. The number of amides is 1. The first-order valence-corrected chi connectivity index (χ1v) is 6.08. The van der Waals surface area contributed by atoms with Crippen LogP contribution in [0.1, 0.15) is 32.9 Å². The fourth-order valence-corrected chi connectivity index (χ4v) is 1.22. The van der Waals surface area contributed by atoms with E-state index in [0.717, 1.165) is 0 Å². The number of carbonyl (C=O) groups is 1. The minimum atomic E-state index is -4.33. The lowest BCUT2D eigenvalue weighted by atomic mass is 10.2. The molecule has 1 N–H and O–H groups in total. The summed E-state index contributed by atoms with van der Waals surface area (Å²) in [6.45, 7) is 5.12. The number of nitrogens with zero attached hydrogens (tertiary/aromatic N) is 1. The van der Waals surface area contributed by atoms with Crippen molar-refractivity contribution in [3.63, 3.8) is 0 Å². The van der Waals surface area contributed by atoms with Crippen LogP contribution < -0.4 is 5.32 Å². The first-order chi connectivity index (χ1) is 9.55. The van der Waals surface area contributed by atoms with Crippen molar-refractivity contribution >= 4 is 11.9 Å². The van der Waals surface area contributed by atoms with Crippen molar-refractivity contribution in [2.45, 2.75) is 39.0 Å². The summed E-state index contributed by atoms with van der Waals surface area (Å²) >= 11 is 0. The molecule has 0 unspecified atom stereocenters. The molecule has 4 nitrogen and oxygen atoms in total. The number of carbonyl (C=O) groups excluding carboxylic acids is 1. The summed E-state index contributed by atoms with van der Waals surface area (Å²) in [7, 11) is 0. The maximum Gasteiger partial charge on any atom is 0.413 e. The molecule has 0 bridgehead atoms. The second kappa shape index (κ2) is 6.48. The average molecular weight is 300 g/mol. The highest BCUT2D eigenvalue weighted by Crippen LogP contribution is 2.18. The highest BCUT2D eigenvalue weighted by atomic mass is 19.4. The minimum absolute atomic E-state index is 0.132. The zero-order valence-corrected chi connectivity index (χ0v) is 11.8. The summed E-state index contributed by atoms with van der Waals surface area (Å²) < 4.78 is 40.9. The number of aromatic nitrogens is 1. The van der Waals surface area contributed by atoms with Crippen LogP contribution in [0, 0.1) is 11.8 Å². The third-order valence-electron chi connectivity index (χ3n) is 1.88. The molecule has 1 aromatic heterocycles. The number of nitrogens with one attached hydrogen (secondary N) is 1. The molecule has 1 aromatic rings. The lowest BCUT2D eigenvalue weighted by Crippen LogP contribution is -2.27. The molecule has 1 rings (SSSR count). The average Bonchev–Trinajstić information content (AvgIpc) is 2.24. The van der Waals surface area contributed by atoms with Gasteiger partial charge in [0.15, 0.2) is 0 Å². The van der Waals surface area contributed by atoms with Crippen LogP contribution in [0.25, 0.3) is 0 Å². The van der Waals surface area contributed by atoms with Gasteiger partial charge in [0.05, 0.1) is 0 Å². The van der Waals surface area contributed by atoms with Gasteiger partial charge >= 0.3 is 12.3 Å². The number of ether oxygens (including phenoxy) is 1. The van der Waals surface area contributed by atoms with Gasteiger partial charge in [0, 0.05) is 0 Å². The molecule has 0 aliphatic carbocycles. The van der Waals surface area contributed by atoms with Crippen molar-refractivity contribution in [1.29, 1.82) is 0 Å². The Kier molecular flexibility index (Phi) is 5.19. The molecule has 0 aromatic carbocycles. The highest BCUT2D eigenvalue weighted by Gasteiger charge is 2.25. The van der Waals surface area contributed by atoms with E-state index in [1.165, 1.54) is 18.2 Å². The van der Waals surface area contributed by atoms with Crippen LogP contribution in [0.2, 0.25) is 0 Å². The van der Waals surface area contributed by atoms with E-state index in [2.05, 4.69) is 16.2 Å². The van der Waals surface area contributed by atoms with E-state index in [9.17, 15) is 18.0 Å². The topological polar surface area (TPSA) is 51.2 Å². The Balaban J connectivity index is 2.71. The van der Waals surface area contributed by atoms with Crippen LogP contribution in [0.3, 0.4) is 0 Å². The Morgan fingerprint density at radius 3 is 2.57 bits per heavy atom. The molecular weight excluding hydrogens is 285 g/mol. The highest BCUT2D eigenvalue weighted by molar-refractivity contribution is 5.83. The third-order valence-corrected chi connectivity index (χ3v) is 1.88. The molecule has 0 atom stereocenters. The maximum absolute atomic E-state index is 12.0. The summed E-state index contributed by atoms with van der Waals surface area (Å²) in [6.07, 6.45) is -6.24. The van der Waals surface area contributed by atoms with Crippen LogP contribution in [-0.2, 0) is 4.74 Å². The fourth-order valence-electron chi connectivity index (χ4n) is 1.22. The SMILES string of the molecule is CC(C)(C)OC(=O)Nc1cccc(C#CCC(F)(F)F)n1. The van der Waals surface area contributed by atoms with Gasteiger partial charge in [-0.05, 0) is 38.8 Å². The number of halogens is 3. The second-order valence-electron chi connectivity index (χ2n) is 5.13. The molecule has 0 aliphatic rings. The fraction of sp³-hybridized carbons (Fsp3) is 0.429. The van der Waals surface area contributed by atoms with Crippen LogP contribution in [-0.4, -0.2) is 22.9 Å². The number of hydrogen-bond acceptors (Lipinski definition) is 3. The number of alkyl halides is 3. The Morgan fingerprint density at radius 2 is 2.00 bits per heavy atom. The summed E-state index contributed by atoms with van der Waals surface area (Å²) in [5, 5.41) is 2.38. The van der Waals surface area contributed by atoms with E-state index in [1.807, 2.05) is 5.92 Å². The lowest BCUT2D eigenvalue weighted by molar-refractivity contribution is -0.123. The molecule has 0 fully saturated rings. The predicted molar refractivity (Wildman–Crippen MR) is 71.6 cm³/mol. The van der Waals surface area contributed by atoms with Gasteiger partial charge in [-0.1, -0.05) is 12.0 Å². The van der Waals surface area contributed by atoms with Crippen LogP contribution in [0.4, 0.5) is 23.8 Å². The van der Waals surface area contributed by atoms with Gasteiger partial charge in [-0.3, -0.25) is 5.32 Å². The monoisotopic (exact) mass is 300 g/mol. The van der Waals surface area contributed by atoms with Gasteiger partial charge in [0.2, 0.25) is 0 Å². The Morgan fingerprint density at radius 1 is 1.33 bits per heavy atom. The quantitative estimate of drug-likeness (QED) is 0.804.